The SMILES string of the molecule is CNCc1ccc(Oc2ccccc2C(F)(F)F)cc1C. The fourth-order valence-corrected chi connectivity index (χ4v) is 2.04. The Morgan fingerprint density at radius 2 is 1.81 bits per heavy atom. The summed E-state index contributed by atoms with van der Waals surface area (Å²) in [6.07, 6.45) is -4.43. The molecule has 0 heterocycles. The van der Waals surface area contributed by atoms with Crippen LogP contribution in [-0.4, -0.2) is 7.05 Å². The highest BCUT2D eigenvalue weighted by molar-refractivity contribution is 5.42. The van der Waals surface area contributed by atoms with Crippen LogP contribution < -0.4 is 10.1 Å². The Kier molecular flexibility index (Phi) is 4.53. The van der Waals surface area contributed by atoms with E-state index >= 15 is 0 Å². The number of nitrogens with one attached hydrogen (secondary N) is 1. The summed E-state index contributed by atoms with van der Waals surface area (Å²) in [5.41, 5.74) is 1.27. The van der Waals surface area contributed by atoms with Gasteiger partial charge in [0.1, 0.15) is 11.5 Å². The van der Waals surface area contributed by atoms with Gasteiger partial charge >= 0.3 is 6.18 Å². The monoisotopic (exact) mass is 295 g/mol. The third-order valence-corrected chi connectivity index (χ3v) is 3.10. The fraction of sp³-hybridized carbons (Fsp3) is 0.250. The number of halogens is 3. The van der Waals surface area contributed by atoms with Gasteiger partial charge in [0.05, 0.1) is 5.56 Å². The van der Waals surface area contributed by atoms with Crippen LogP contribution in [-0.2, 0) is 12.7 Å². The van der Waals surface area contributed by atoms with Crippen LogP contribution in [0.2, 0.25) is 0 Å². The lowest BCUT2D eigenvalue weighted by atomic mass is 10.1. The molecular formula is C16H16F3NO. The van der Waals surface area contributed by atoms with Crippen LogP contribution in [0.15, 0.2) is 42.5 Å². The molecule has 0 unspecified atom stereocenters. The minimum atomic E-state index is -4.43. The Labute approximate surface area is 121 Å². The summed E-state index contributed by atoms with van der Waals surface area (Å²) in [5.74, 6) is 0.204. The largest absolute Gasteiger partial charge is 0.457 e. The molecule has 0 aromatic heterocycles. The lowest BCUT2D eigenvalue weighted by Crippen LogP contribution is -2.07. The first-order valence-corrected chi connectivity index (χ1v) is 6.50. The molecule has 0 saturated heterocycles. The quantitative estimate of drug-likeness (QED) is 0.895. The second-order valence-electron chi connectivity index (χ2n) is 4.71. The number of para-hydroxylation sites is 1. The number of rotatable bonds is 4. The third-order valence-electron chi connectivity index (χ3n) is 3.10. The Morgan fingerprint density at radius 1 is 1.10 bits per heavy atom. The summed E-state index contributed by atoms with van der Waals surface area (Å²) in [6.45, 7) is 2.60. The van der Waals surface area contributed by atoms with Crippen LogP contribution in [0.5, 0.6) is 11.5 Å². The topological polar surface area (TPSA) is 21.3 Å². The fourth-order valence-electron chi connectivity index (χ4n) is 2.04. The zero-order valence-electron chi connectivity index (χ0n) is 11.8. The summed E-state index contributed by atoms with van der Waals surface area (Å²) in [7, 11) is 1.84. The number of benzene rings is 2. The number of alkyl halides is 3. The molecule has 2 aromatic rings. The van der Waals surface area contributed by atoms with E-state index in [0.717, 1.165) is 17.2 Å². The maximum atomic E-state index is 12.9. The zero-order chi connectivity index (χ0) is 15.5. The van der Waals surface area contributed by atoms with Gasteiger partial charge in [0.25, 0.3) is 0 Å². The van der Waals surface area contributed by atoms with Gasteiger partial charge in [-0.25, -0.2) is 0 Å². The molecule has 2 aromatic carbocycles. The second-order valence-corrected chi connectivity index (χ2v) is 4.71. The lowest BCUT2D eigenvalue weighted by Gasteiger charge is -2.14. The molecule has 0 aliphatic heterocycles. The maximum Gasteiger partial charge on any atom is 0.419 e. The van der Waals surface area contributed by atoms with Gasteiger partial charge in [-0.05, 0) is 49.4 Å². The van der Waals surface area contributed by atoms with E-state index in [9.17, 15) is 13.2 Å². The molecular weight excluding hydrogens is 279 g/mol. The minimum Gasteiger partial charge on any atom is -0.457 e. The summed E-state index contributed by atoms with van der Waals surface area (Å²) >= 11 is 0. The van der Waals surface area contributed by atoms with Gasteiger partial charge < -0.3 is 10.1 Å². The van der Waals surface area contributed by atoms with Crippen molar-refractivity contribution in [3.63, 3.8) is 0 Å². The number of hydrogen-bond donors (Lipinski definition) is 1. The summed E-state index contributed by atoms with van der Waals surface area (Å²) < 4.78 is 44.1. The lowest BCUT2D eigenvalue weighted by molar-refractivity contribution is -0.138. The molecule has 2 rings (SSSR count). The van der Waals surface area contributed by atoms with E-state index < -0.39 is 11.7 Å². The molecule has 21 heavy (non-hydrogen) atoms. The molecule has 0 fully saturated rings. The molecule has 0 radical (unpaired) electrons. The van der Waals surface area contributed by atoms with Crippen molar-refractivity contribution in [1.29, 1.82) is 0 Å². The van der Waals surface area contributed by atoms with E-state index in [1.165, 1.54) is 18.2 Å². The van der Waals surface area contributed by atoms with Crippen LogP contribution in [0.3, 0.4) is 0 Å². The highest BCUT2D eigenvalue weighted by Gasteiger charge is 2.34. The van der Waals surface area contributed by atoms with Crippen molar-refractivity contribution in [2.45, 2.75) is 19.6 Å². The molecule has 0 atom stereocenters. The normalized spacial score (nSPS) is 11.5. The van der Waals surface area contributed by atoms with Crippen LogP contribution in [0.25, 0.3) is 0 Å². The van der Waals surface area contributed by atoms with Gasteiger partial charge in [0, 0.05) is 6.54 Å². The molecule has 5 heteroatoms. The van der Waals surface area contributed by atoms with Gasteiger partial charge in [-0.1, -0.05) is 18.2 Å². The highest BCUT2D eigenvalue weighted by atomic mass is 19.4. The Balaban J connectivity index is 2.29. The van der Waals surface area contributed by atoms with Gasteiger partial charge in [-0.2, -0.15) is 13.2 Å². The van der Waals surface area contributed by atoms with E-state index in [1.54, 1.807) is 12.1 Å². The van der Waals surface area contributed by atoms with Gasteiger partial charge in [-0.3, -0.25) is 0 Å². The number of aryl methyl sites for hydroxylation is 1. The third kappa shape index (κ3) is 3.76. The van der Waals surface area contributed by atoms with E-state index in [-0.39, 0.29) is 5.75 Å². The Hall–Kier alpha value is -2.01. The summed E-state index contributed by atoms with van der Waals surface area (Å²) in [4.78, 5) is 0. The second kappa shape index (κ2) is 6.18. The molecule has 2 nitrogen and oxygen atoms in total. The van der Waals surface area contributed by atoms with Crippen LogP contribution in [0.1, 0.15) is 16.7 Å². The van der Waals surface area contributed by atoms with E-state index in [0.29, 0.717) is 12.3 Å². The van der Waals surface area contributed by atoms with Crippen molar-refractivity contribution in [2.24, 2.45) is 0 Å². The Bertz CT molecular complexity index is 623. The average Bonchev–Trinajstić information content (AvgIpc) is 2.41. The van der Waals surface area contributed by atoms with Crippen LogP contribution >= 0.6 is 0 Å². The van der Waals surface area contributed by atoms with Crippen molar-refractivity contribution < 1.29 is 17.9 Å². The van der Waals surface area contributed by atoms with Crippen molar-refractivity contribution in [3.8, 4) is 11.5 Å². The first kappa shape index (κ1) is 15.4. The van der Waals surface area contributed by atoms with Gasteiger partial charge in [0.2, 0.25) is 0 Å². The molecule has 0 aliphatic rings. The van der Waals surface area contributed by atoms with E-state index in [2.05, 4.69) is 5.32 Å². The zero-order valence-corrected chi connectivity index (χ0v) is 11.8. The summed E-state index contributed by atoms with van der Waals surface area (Å²) in [6, 6.07) is 10.4. The number of ether oxygens (including phenoxy) is 1. The van der Waals surface area contributed by atoms with Crippen LogP contribution in [0.4, 0.5) is 13.2 Å². The molecule has 0 amide bonds. The predicted molar refractivity (Wildman–Crippen MR) is 75.5 cm³/mol. The van der Waals surface area contributed by atoms with Gasteiger partial charge in [0.15, 0.2) is 0 Å². The number of hydrogen-bond acceptors (Lipinski definition) is 2. The summed E-state index contributed by atoms with van der Waals surface area (Å²) in [5, 5.41) is 3.03. The smallest absolute Gasteiger partial charge is 0.419 e. The molecule has 0 spiro atoms. The molecule has 0 saturated carbocycles. The van der Waals surface area contributed by atoms with Crippen molar-refractivity contribution in [3.05, 3.63) is 59.2 Å². The first-order chi connectivity index (χ1) is 9.91. The average molecular weight is 295 g/mol. The molecule has 1 N–H and O–H groups in total. The van der Waals surface area contributed by atoms with Crippen molar-refractivity contribution in [1.82, 2.24) is 5.32 Å². The maximum absolute atomic E-state index is 12.9. The first-order valence-electron chi connectivity index (χ1n) is 6.50. The highest BCUT2D eigenvalue weighted by Crippen LogP contribution is 2.38. The van der Waals surface area contributed by atoms with Crippen molar-refractivity contribution >= 4 is 0 Å². The predicted octanol–water partition coefficient (Wildman–Crippen LogP) is 4.53. The van der Waals surface area contributed by atoms with E-state index in [4.69, 9.17) is 4.74 Å². The Morgan fingerprint density at radius 3 is 2.43 bits per heavy atom. The molecule has 0 aliphatic carbocycles. The van der Waals surface area contributed by atoms with Gasteiger partial charge in [-0.15, -0.1) is 0 Å². The van der Waals surface area contributed by atoms with E-state index in [1.807, 2.05) is 20.0 Å². The molecule has 112 valence electrons. The minimum absolute atomic E-state index is 0.189. The van der Waals surface area contributed by atoms with Crippen LogP contribution in [0, 0.1) is 6.92 Å². The molecule has 0 bridgehead atoms. The standard InChI is InChI=1S/C16H16F3NO/c1-11-9-13(8-7-12(11)10-20-2)21-15-6-4-3-5-14(15)16(17,18)19/h3-9,20H,10H2,1-2H3. The van der Waals surface area contributed by atoms with Crippen molar-refractivity contribution in [2.75, 3.05) is 7.05 Å².